The van der Waals surface area contributed by atoms with E-state index in [4.69, 9.17) is 4.74 Å². The van der Waals surface area contributed by atoms with Crippen molar-refractivity contribution in [1.29, 1.82) is 0 Å². The molecule has 3 rings (SSSR count). The van der Waals surface area contributed by atoms with Crippen LogP contribution in [0.3, 0.4) is 0 Å². The third-order valence-electron chi connectivity index (χ3n) is 4.27. The second-order valence-corrected chi connectivity index (χ2v) is 9.71. The fourth-order valence-electron chi connectivity index (χ4n) is 2.99. The molecular weight excluding hydrogens is 402 g/mol. The Morgan fingerprint density at radius 1 is 1.32 bits per heavy atom. The third kappa shape index (κ3) is 5.08. The van der Waals surface area contributed by atoms with Crippen molar-refractivity contribution in [3.8, 4) is 0 Å². The lowest BCUT2D eigenvalue weighted by Gasteiger charge is -2.14. The molecule has 10 heteroatoms. The number of carbonyl (C=O) groups excluding carboxylic acids is 2. The number of nitrogens with zero attached hydrogens (tertiary/aromatic N) is 1. The molecule has 1 aromatic heterocycles. The lowest BCUT2D eigenvalue weighted by molar-refractivity contribution is -0.148. The lowest BCUT2D eigenvalue weighted by Crippen LogP contribution is -2.17. The number of nitrogens with one attached hydrogen (secondary N) is 2. The first kappa shape index (κ1) is 20.3. The van der Waals surface area contributed by atoms with Gasteiger partial charge in [0, 0.05) is 23.7 Å². The van der Waals surface area contributed by atoms with Crippen molar-refractivity contribution in [2.75, 3.05) is 10.0 Å². The van der Waals surface area contributed by atoms with Gasteiger partial charge in [-0.1, -0.05) is 0 Å². The highest BCUT2D eigenvalue weighted by Gasteiger charge is 2.39. The van der Waals surface area contributed by atoms with Crippen LogP contribution in [-0.2, 0) is 24.3 Å². The van der Waals surface area contributed by atoms with Gasteiger partial charge in [-0.25, -0.2) is 13.4 Å². The number of hydrogen-bond donors (Lipinski definition) is 2. The number of carbonyl (C=O) groups is 2. The van der Waals surface area contributed by atoms with Gasteiger partial charge < -0.3 is 10.1 Å². The van der Waals surface area contributed by atoms with Crippen molar-refractivity contribution < 1.29 is 22.7 Å². The Kier molecular flexibility index (Phi) is 5.71. The molecule has 1 aliphatic rings. The SMILES string of the molecule is CC1(C)C[C@H](CCC(=O)Nc2ccc(S(=O)(=O)Nc3nccs3)cc2)C(=O)O1. The monoisotopic (exact) mass is 423 g/mol. The average molecular weight is 424 g/mol. The molecule has 1 atom stereocenters. The van der Waals surface area contributed by atoms with Crippen LogP contribution in [0.25, 0.3) is 0 Å². The molecule has 28 heavy (non-hydrogen) atoms. The molecule has 0 bridgehead atoms. The number of hydrogen-bond acceptors (Lipinski definition) is 7. The molecule has 150 valence electrons. The van der Waals surface area contributed by atoms with Crippen LogP contribution in [0.4, 0.5) is 10.8 Å². The highest BCUT2D eigenvalue weighted by atomic mass is 32.2. The normalized spacial score (nSPS) is 18.5. The van der Waals surface area contributed by atoms with E-state index in [9.17, 15) is 18.0 Å². The number of amides is 1. The van der Waals surface area contributed by atoms with Crippen molar-refractivity contribution in [2.24, 2.45) is 5.92 Å². The maximum Gasteiger partial charge on any atom is 0.309 e. The third-order valence-corrected chi connectivity index (χ3v) is 6.44. The summed E-state index contributed by atoms with van der Waals surface area (Å²) < 4.78 is 32.2. The number of esters is 1. The maximum absolute atomic E-state index is 12.3. The maximum atomic E-state index is 12.3. The van der Waals surface area contributed by atoms with Crippen LogP contribution in [-0.4, -0.2) is 30.9 Å². The molecule has 1 fully saturated rings. The Bertz CT molecular complexity index is 954. The minimum Gasteiger partial charge on any atom is -0.459 e. The molecule has 0 saturated carbocycles. The van der Waals surface area contributed by atoms with Gasteiger partial charge in [0.05, 0.1) is 10.8 Å². The van der Waals surface area contributed by atoms with Crippen molar-refractivity contribution in [3.63, 3.8) is 0 Å². The van der Waals surface area contributed by atoms with Crippen molar-refractivity contribution >= 4 is 44.1 Å². The van der Waals surface area contributed by atoms with Crippen LogP contribution in [0.5, 0.6) is 0 Å². The number of benzene rings is 1. The van der Waals surface area contributed by atoms with Gasteiger partial charge in [0.1, 0.15) is 5.60 Å². The molecule has 2 N–H and O–H groups in total. The standard InChI is InChI=1S/C18H21N3O5S2/c1-18(2)11-12(16(23)26-18)3-8-15(22)20-13-4-6-14(7-5-13)28(24,25)21-17-19-9-10-27-17/h4-7,9-10,12H,3,8,11H2,1-2H3,(H,19,21)(H,20,22)/t12-/m0/s1. The molecule has 2 aromatic rings. The van der Waals surface area contributed by atoms with Crippen LogP contribution in [0, 0.1) is 5.92 Å². The molecule has 0 radical (unpaired) electrons. The highest BCUT2D eigenvalue weighted by Crippen LogP contribution is 2.33. The molecule has 1 aliphatic heterocycles. The van der Waals surface area contributed by atoms with Crippen molar-refractivity contribution in [1.82, 2.24) is 4.98 Å². The van der Waals surface area contributed by atoms with Gasteiger partial charge in [-0.2, -0.15) is 0 Å². The minimum atomic E-state index is -3.73. The Hall–Kier alpha value is -2.46. The number of cyclic esters (lactones) is 1. The van der Waals surface area contributed by atoms with E-state index in [1.165, 1.54) is 41.8 Å². The number of aromatic nitrogens is 1. The zero-order valence-electron chi connectivity index (χ0n) is 15.5. The fourth-order valence-corrected chi connectivity index (χ4v) is 4.78. The van der Waals surface area contributed by atoms with E-state index >= 15 is 0 Å². The quantitative estimate of drug-likeness (QED) is 0.662. The minimum absolute atomic E-state index is 0.0663. The molecule has 0 unspecified atom stereocenters. The van der Waals surface area contributed by atoms with Gasteiger partial charge in [0.25, 0.3) is 10.0 Å². The highest BCUT2D eigenvalue weighted by molar-refractivity contribution is 7.93. The van der Waals surface area contributed by atoms with Crippen LogP contribution < -0.4 is 10.0 Å². The van der Waals surface area contributed by atoms with Gasteiger partial charge in [-0.15, -0.1) is 11.3 Å². The summed E-state index contributed by atoms with van der Waals surface area (Å²) in [5, 5.41) is 4.66. The number of ether oxygens (including phenoxy) is 1. The lowest BCUT2D eigenvalue weighted by atomic mass is 9.93. The van der Waals surface area contributed by atoms with E-state index in [1.807, 2.05) is 13.8 Å². The molecule has 2 heterocycles. The first-order chi connectivity index (χ1) is 13.1. The summed E-state index contributed by atoms with van der Waals surface area (Å²) in [4.78, 5) is 27.9. The summed E-state index contributed by atoms with van der Waals surface area (Å²) in [6.45, 7) is 3.70. The molecule has 8 nitrogen and oxygen atoms in total. The molecule has 0 aliphatic carbocycles. The summed E-state index contributed by atoms with van der Waals surface area (Å²) in [5.74, 6) is -0.778. The number of sulfonamides is 1. The zero-order valence-corrected chi connectivity index (χ0v) is 17.1. The van der Waals surface area contributed by atoms with Crippen molar-refractivity contribution in [2.45, 2.75) is 43.6 Å². The summed E-state index contributed by atoms with van der Waals surface area (Å²) in [7, 11) is -3.73. The largest absolute Gasteiger partial charge is 0.459 e. The number of anilines is 2. The van der Waals surface area contributed by atoms with E-state index in [1.54, 1.807) is 5.38 Å². The first-order valence-corrected chi connectivity index (χ1v) is 11.1. The fraction of sp³-hybridized carbons (Fsp3) is 0.389. The smallest absolute Gasteiger partial charge is 0.309 e. The summed E-state index contributed by atoms with van der Waals surface area (Å²) >= 11 is 1.18. The van der Waals surface area contributed by atoms with Gasteiger partial charge in [-0.05, 0) is 51.0 Å². The molecule has 1 aromatic carbocycles. The van der Waals surface area contributed by atoms with Gasteiger partial charge in [0.2, 0.25) is 5.91 Å². The Morgan fingerprint density at radius 2 is 2.04 bits per heavy atom. The summed E-state index contributed by atoms with van der Waals surface area (Å²) in [6, 6.07) is 5.84. The van der Waals surface area contributed by atoms with E-state index in [0.717, 1.165) is 0 Å². The average Bonchev–Trinajstić information content (AvgIpc) is 3.19. The summed E-state index contributed by atoms with van der Waals surface area (Å²) in [5.41, 5.74) is -0.000752. The van der Waals surface area contributed by atoms with Gasteiger partial charge in [0.15, 0.2) is 5.13 Å². The summed E-state index contributed by atoms with van der Waals surface area (Å²) in [6.07, 6.45) is 2.70. The molecular formula is C18H21N3O5S2. The van der Waals surface area contributed by atoms with Crippen LogP contribution in [0.1, 0.15) is 33.1 Å². The van der Waals surface area contributed by atoms with E-state index < -0.39 is 15.6 Å². The Labute approximate surface area is 167 Å². The van der Waals surface area contributed by atoms with E-state index in [0.29, 0.717) is 18.5 Å². The predicted octanol–water partition coefficient (Wildman–Crippen LogP) is 3.00. The van der Waals surface area contributed by atoms with E-state index in [2.05, 4.69) is 15.0 Å². The van der Waals surface area contributed by atoms with Gasteiger partial charge >= 0.3 is 5.97 Å². The number of rotatable bonds is 7. The Morgan fingerprint density at radius 3 is 2.61 bits per heavy atom. The van der Waals surface area contributed by atoms with E-state index in [-0.39, 0.29) is 34.2 Å². The number of thiazole rings is 1. The van der Waals surface area contributed by atoms with Crippen LogP contribution in [0.15, 0.2) is 40.7 Å². The molecule has 1 amide bonds. The molecule has 1 saturated heterocycles. The van der Waals surface area contributed by atoms with Crippen molar-refractivity contribution in [3.05, 3.63) is 35.8 Å². The van der Waals surface area contributed by atoms with Gasteiger partial charge in [-0.3, -0.25) is 14.3 Å². The second-order valence-electron chi connectivity index (χ2n) is 7.14. The molecule has 0 spiro atoms. The second kappa shape index (κ2) is 7.88. The van der Waals surface area contributed by atoms with Crippen LogP contribution >= 0.6 is 11.3 Å². The zero-order chi connectivity index (χ0) is 20.4. The Balaban J connectivity index is 1.54. The first-order valence-electron chi connectivity index (χ1n) is 8.70. The predicted molar refractivity (Wildman–Crippen MR) is 106 cm³/mol. The topological polar surface area (TPSA) is 114 Å². The van der Waals surface area contributed by atoms with Crippen LogP contribution in [0.2, 0.25) is 0 Å².